The zero-order valence-corrected chi connectivity index (χ0v) is 9.16. The van der Waals surface area contributed by atoms with Crippen molar-refractivity contribution in [1.29, 1.82) is 0 Å². The molecule has 0 fully saturated rings. The quantitative estimate of drug-likeness (QED) is 0.700. The summed E-state index contributed by atoms with van der Waals surface area (Å²) in [5, 5.41) is 2.72. The second-order valence-electron chi connectivity index (χ2n) is 3.99. The number of hydrogen-bond donors (Lipinski definition) is 2. The van der Waals surface area contributed by atoms with E-state index in [-0.39, 0.29) is 5.91 Å². The Morgan fingerprint density at radius 1 is 1.67 bits per heavy atom. The number of anilines is 1. The molecule has 0 bridgehead atoms. The fourth-order valence-electron chi connectivity index (χ4n) is 1.20. The first-order valence-electron chi connectivity index (χ1n) is 4.58. The minimum absolute atomic E-state index is 0.225. The number of aryl methyl sites for hydroxylation is 1. The Hall–Kier alpha value is -1.89. The van der Waals surface area contributed by atoms with E-state index in [9.17, 15) is 4.79 Å². The molecule has 0 unspecified atom stereocenters. The van der Waals surface area contributed by atoms with E-state index in [1.165, 1.54) is 0 Å². The van der Waals surface area contributed by atoms with E-state index < -0.39 is 5.54 Å². The molecular formula is C11H15N3O. The number of aromatic nitrogens is 1. The van der Waals surface area contributed by atoms with E-state index in [1.54, 1.807) is 37.7 Å². The molecule has 0 aliphatic rings. The molecule has 1 rings (SSSR count). The van der Waals surface area contributed by atoms with Gasteiger partial charge in [0.05, 0.1) is 11.2 Å². The minimum Gasteiger partial charge on any atom is -0.397 e. The Bertz CT molecular complexity index is 424. The van der Waals surface area contributed by atoms with E-state index in [4.69, 9.17) is 12.2 Å². The number of nitrogens with one attached hydrogen (secondary N) is 1. The molecule has 4 heteroatoms. The van der Waals surface area contributed by atoms with E-state index in [0.717, 1.165) is 0 Å². The first-order valence-corrected chi connectivity index (χ1v) is 4.58. The third kappa shape index (κ3) is 2.53. The first-order chi connectivity index (χ1) is 6.85. The Morgan fingerprint density at radius 2 is 2.27 bits per heavy atom. The van der Waals surface area contributed by atoms with Crippen molar-refractivity contribution in [2.75, 3.05) is 5.73 Å². The lowest BCUT2D eigenvalue weighted by molar-refractivity contribution is 0.0921. The SMILES string of the molecule is C#CC(C)(C)NC(=O)c1cc(N)cn1C. The number of nitrogens with zero attached hydrogens (tertiary/aromatic N) is 1. The lowest BCUT2D eigenvalue weighted by Gasteiger charge is -2.19. The standard InChI is InChI=1S/C11H15N3O/c1-5-11(2,3)13-10(15)9-6-8(12)7-14(9)4/h1,6-7H,12H2,2-4H3,(H,13,15). The zero-order chi connectivity index (χ0) is 11.6. The third-order valence-electron chi connectivity index (χ3n) is 2.05. The topological polar surface area (TPSA) is 60.1 Å². The van der Waals surface area contributed by atoms with Crippen LogP contribution in [0.25, 0.3) is 0 Å². The molecule has 0 aromatic carbocycles. The van der Waals surface area contributed by atoms with Crippen LogP contribution in [0.3, 0.4) is 0 Å². The van der Waals surface area contributed by atoms with Crippen molar-refractivity contribution in [1.82, 2.24) is 9.88 Å². The molecule has 0 saturated carbocycles. The summed E-state index contributed by atoms with van der Waals surface area (Å²) in [7, 11) is 1.76. The molecule has 0 radical (unpaired) electrons. The van der Waals surface area contributed by atoms with Crippen LogP contribution in [0.15, 0.2) is 12.3 Å². The normalized spacial score (nSPS) is 10.8. The van der Waals surface area contributed by atoms with Crippen molar-refractivity contribution < 1.29 is 4.79 Å². The maximum absolute atomic E-state index is 11.8. The van der Waals surface area contributed by atoms with Crippen molar-refractivity contribution in [3.8, 4) is 12.3 Å². The van der Waals surface area contributed by atoms with Crippen molar-refractivity contribution in [3.63, 3.8) is 0 Å². The van der Waals surface area contributed by atoms with Crippen LogP contribution >= 0.6 is 0 Å². The third-order valence-corrected chi connectivity index (χ3v) is 2.05. The molecule has 0 saturated heterocycles. The lowest BCUT2D eigenvalue weighted by atomic mass is 10.1. The second kappa shape index (κ2) is 3.70. The molecular weight excluding hydrogens is 190 g/mol. The number of terminal acetylenes is 1. The molecule has 1 aromatic heterocycles. The molecule has 15 heavy (non-hydrogen) atoms. The first kappa shape index (κ1) is 11.2. The highest BCUT2D eigenvalue weighted by atomic mass is 16.2. The zero-order valence-electron chi connectivity index (χ0n) is 9.16. The fraction of sp³-hybridized carbons (Fsp3) is 0.364. The average Bonchev–Trinajstić information content (AvgIpc) is 2.45. The smallest absolute Gasteiger partial charge is 0.269 e. The maximum Gasteiger partial charge on any atom is 0.269 e. The van der Waals surface area contributed by atoms with Crippen LogP contribution in [-0.4, -0.2) is 16.0 Å². The number of rotatable bonds is 2. The van der Waals surface area contributed by atoms with Gasteiger partial charge in [0.2, 0.25) is 0 Å². The van der Waals surface area contributed by atoms with Crippen molar-refractivity contribution in [2.45, 2.75) is 19.4 Å². The molecule has 80 valence electrons. The van der Waals surface area contributed by atoms with Crippen LogP contribution in [-0.2, 0) is 7.05 Å². The molecule has 1 amide bonds. The van der Waals surface area contributed by atoms with Crippen LogP contribution in [0, 0.1) is 12.3 Å². The predicted molar refractivity (Wildman–Crippen MR) is 60.2 cm³/mol. The predicted octanol–water partition coefficient (Wildman–Crippen LogP) is 0.749. The van der Waals surface area contributed by atoms with Crippen molar-refractivity contribution in [3.05, 3.63) is 18.0 Å². The van der Waals surface area contributed by atoms with Crippen molar-refractivity contribution in [2.24, 2.45) is 7.05 Å². The summed E-state index contributed by atoms with van der Waals surface area (Å²) < 4.78 is 1.66. The van der Waals surface area contributed by atoms with Crippen molar-refractivity contribution >= 4 is 11.6 Å². The number of carbonyl (C=O) groups is 1. The minimum atomic E-state index is -0.657. The van der Waals surface area contributed by atoms with E-state index in [1.807, 2.05) is 0 Å². The summed E-state index contributed by atoms with van der Waals surface area (Å²) in [6.45, 7) is 3.52. The number of hydrogen-bond acceptors (Lipinski definition) is 2. The summed E-state index contributed by atoms with van der Waals surface area (Å²) in [5.74, 6) is 2.27. The summed E-state index contributed by atoms with van der Waals surface area (Å²) in [6, 6.07) is 1.61. The number of nitrogen functional groups attached to an aromatic ring is 1. The number of amides is 1. The van der Waals surface area contributed by atoms with Crippen LogP contribution in [0.2, 0.25) is 0 Å². The highest BCUT2D eigenvalue weighted by Gasteiger charge is 2.19. The molecule has 0 atom stereocenters. The molecule has 0 spiro atoms. The Morgan fingerprint density at radius 3 is 2.67 bits per heavy atom. The largest absolute Gasteiger partial charge is 0.397 e. The van der Waals surface area contributed by atoms with Gasteiger partial charge >= 0.3 is 0 Å². The summed E-state index contributed by atoms with van der Waals surface area (Å²) in [4.78, 5) is 11.8. The van der Waals surface area contributed by atoms with Gasteiger partial charge in [-0.25, -0.2) is 0 Å². The van der Waals surface area contributed by atoms with Gasteiger partial charge in [-0.15, -0.1) is 6.42 Å². The Balaban J connectivity index is 2.88. The van der Waals surface area contributed by atoms with Gasteiger partial charge in [0.25, 0.3) is 5.91 Å². The fourth-order valence-corrected chi connectivity index (χ4v) is 1.20. The summed E-state index contributed by atoms with van der Waals surface area (Å²) in [6.07, 6.45) is 6.96. The van der Waals surface area contributed by atoms with E-state index >= 15 is 0 Å². The van der Waals surface area contributed by atoms with E-state index in [2.05, 4.69) is 11.2 Å². The number of carbonyl (C=O) groups excluding carboxylic acids is 1. The molecule has 1 heterocycles. The highest BCUT2D eigenvalue weighted by molar-refractivity contribution is 5.94. The van der Waals surface area contributed by atoms with Gasteiger partial charge in [-0.3, -0.25) is 4.79 Å². The van der Waals surface area contributed by atoms with Gasteiger partial charge in [0.1, 0.15) is 5.69 Å². The van der Waals surface area contributed by atoms with Gasteiger partial charge in [-0.05, 0) is 19.9 Å². The highest BCUT2D eigenvalue weighted by Crippen LogP contribution is 2.10. The molecule has 1 aromatic rings. The van der Waals surface area contributed by atoms with Crippen LogP contribution in [0.4, 0.5) is 5.69 Å². The van der Waals surface area contributed by atoms with Gasteiger partial charge in [0.15, 0.2) is 0 Å². The molecule has 0 aliphatic heterocycles. The van der Waals surface area contributed by atoms with Gasteiger partial charge < -0.3 is 15.6 Å². The lowest BCUT2D eigenvalue weighted by Crippen LogP contribution is -2.42. The van der Waals surface area contributed by atoms with Gasteiger partial charge in [-0.1, -0.05) is 5.92 Å². The maximum atomic E-state index is 11.8. The summed E-state index contributed by atoms with van der Waals surface area (Å²) in [5.41, 5.74) is 5.97. The molecule has 0 aliphatic carbocycles. The van der Waals surface area contributed by atoms with Crippen LogP contribution in [0.1, 0.15) is 24.3 Å². The van der Waals surface area contributed by atoms with Crippen LogP contribution < -0.4 is 11.1 Å². The van der Waals surface area contributed by atoms with Gasteiger partial charge in [-0.2, -0.15) is 0 Å². The Labute approximate surface area is 89.5 Å². The Kier molecular flexibility index (Phi) is 2.76. The van der Waals surface area contributed by atoms with Gasteiger partial charge in [0, 0.05) is 13.2 Å². The second-order valence-corrected chi connectivity index (χ2v) is 3.99. The summed E-state index contributed by atoms with van der Waals surface area (Å²) >= 11 is 0. The number of nitrogens with two attached hydrogens (primary N) is 1. The van der Waals surface area contributed by atoms with Crippen LogP contribution in [0.5, 0.6) is 0 Å². The molecule has 3 N–H and O–H groups in total. The van der Waals surface area contributed by atoms with E-state index in [0.29, 0.717) is 11.4 Å². The average molecular weight is 205 g/mol. The monoisotopic (exact) mass is 205 g/mol. The molecule has 4 nitrogen and oxygen atoms in total.